The fraction of sp³-hybridized carbons (Fsp3) is 0.294. The molecule has 0 radical (unpaired) electrons. The fourth-order valence-corrected chi connectivity index (χ4v) is 4.27. The minimum atomic E-state index is 0.358. The van der Waals surface area contributed by atoms with Crippen molar-refractivity contribution in [1.29, 1.82) is 0 Å². The molecular weight excluding hydrogens is 346 g/mol. The lowest BCUT2D eigenvalue weighted by atomic mass is 10.1. The normalized spacial score (nSPS) is 12.4. The number of thioether (sulfide) groups is 1. The highest BCUT2D eigenvalue weighted by Crippen LogP contribution is 2.37. The first kappa shape index (κ1) is 16.6. The number of aryl methyl sites for hydroxylation is 2. The van der Waals surface area contributed by atoms with Crippen LogP contribution in [-0.4, -0.2) is 14.8 Å². The van der Waals surface area contributed by atoms with E-state index in [1.165, 1.54) is 10.4 Å². The van der Waals surface area contributed by atoms with E-state index >= 15 is 0 Å². The summed E-state index contributed by atoms with van der Waals surface area (Å²) in [5.41, 5.74) is 1.27. The first-order valence-electron chi connectivity index (χ1n) is 7.58. The van der Waals surface area contributed by atoms with Gasteiger partial charge in [-0.25, -0.2) is 0 Å². The molecule has 0 fully saturated rings. The Labute approximate surface area is 149 Å². The van der Waals surface area contributed by atoms with Crippen molar-refractivity contribution in [2.45, 2.75) is 36.7 Å². The van der Waals surface area contributed by atoms with Crippen molar-refractivity contribution in [3.63, 3.8) is 0 Å². The molecule has 0 spiro atoms. The van der Waals surface area contributed by atoms with Gasteiger partial charge in [0.05, 0.1) is 0 Å². The minimum absolute atomic E-state index is 0.358. The van der Waals surface area contributed by atoms with Crippen LogP contribution in [0.2, 0.25) is 5.02 Å². The molecule has 120 valence electrons. The highest BCUT2D eigenvalue weighted by molar-refractivity contribution is 7.99. The van der Waals surface area contributed by atoms with Gasteiger partial charge in [0.15, 0.2) is 5.16 Å². The Bertz CT molecular complexity index is 723. The molecule has 0 unspecified atom stereocenters. The molecule has 0 N–H and O–H groups in total. The van der Waals surface area contributed by atoms with Crippen LogP contribution in [0.15, 0.2) is 53.3 Å². The van der Waals surface area contributed by atoms with Crippen LogP contribution in [-0.2, 0) is 13.0 Å². The third-order valence-corrected chi connectivity index (χ3v) is 6.22. The number of nitrogens with zero attached hydrogens (tertiary/aromatic N) is 3. The van der Waals surface area contributed by atoms with E-state index in [0.29, 0.717) is 5.25 Å². The van der Waals surface area contributed by atoms with Crippen molar-refractivity contribution in [2.24, 2.45) is 0 Å². The molecular formula is C17H18ClN3S2. The van der Waals surface area contributed by atoms with E-state index in [4.69, 9.17) is 11.6 Å². The highest BCUT2D eigenvalue weighted by atomic mass is 35.5. The van der Waals surface area contributed by atoms with E-state index in [9.17, 15) is 0 Å². The second-order valence-corrected chi connectivity index (χ2v) is 7.84. The summed E-state index contributed by atoms with van der Waals surface area (Å²) in [6, 6.07) is 12.3. The first-order valence-corrected chi connectivity index (χ1v) is 9.72. The van der Waals surface area contributed by atoms with Crippen molar-refractivity contribution in [1.82, 2.24) is 14.8 Å². The van der Waals surface area contributed by atoms with Gasteiger partial charge in [0.1, 0.15) is 6.33 Å². The lowest BCUT2D eigenvalue weighted by Crippen LogP contribution is -2.03. The standard InChI is InChI=1S/C17H18ClN3S2/c1-2-16(13-5-7-14(18)8-6-13)23-17-20-19-12-21(17)10-9-15-4-3-11-22-15/h3-8,11-12,16H,2,9-10H2,1H3/t16-/m0/s1. The lowest BCUT2D eigenvalue weighted by Gasteiger charge is -2.15. The number of aromatic nitrogens is 3. The predicted molar refractivity (Wildman–Crippen MR) is 98.4 cm³/mol. The molecule has 1 aromatic carbocycles. The first-order chi connectivity index (χ1) is 11.3. The van der Waals surface area contributed by atoms with Gasteiger partial charge in [0.2, 0.25) is 0 Å². The molecule has 0 aliphatic heterocycles. The Hall–Kier alpha value is -1.30. The quantitative estimate of drug-likeness (QED) is 0.521. The molecule has 3 aromatic rings. The topological polar surface area (TPSA) is 30.7 Å². The third-order valence-electron chi connectivity index (χ3n) is 3.62. The number of halogens is 1. The fourth-order valence-electron chi connectivity index (χ4n) is 2.37. The van der Waals surface area contributed by atoms with Crippen LogP contribution >= 0.6 is 34.7 Å². The predicted octanol–water partition coefficient (Wildman–Crippen LogP) is 5.48. The summed E-state index contributed by atoms with van der Waals surface area (Å²) in [6.07, 6.45) is 3.87. The van der Waals surface area contributed by atoms with E-state index in [0.717, 1.165) is 29.6 Å². The molecule has 2 aromatic heterocycles. The zero-order valence-corrected chi connectivity index (χ0v) is 15.2. The Balaban J connectivity index is 1.69. The second kappa shape index (κ2) is 7.99. The van der Waals surface area contributed by atoms with Crippen LogP contribution in [0.1, 0.15) is 29.0 Å². The van der Waals surface area contributed by atoms with Gasteiger partial charge < -0.3 is 4.57 Å². The Morgan fingerprint density at radius 2 is 2.09 bits per heavy atom. The summed E-state index contributed by atoms with van der Waals surface area (Å²) >= 11 is 9.55. The van der Waals surface area contributed by atoms with Crippen LogP contribution < -0.4 is 0 Å². The summed E-state index contributed by atoms with van der Waals surface area (Å²) in [7, 11) is 0. The van der Waals surface area contributed by atoms with Crippen molar-refractivity contribution >= 4 is 34.7 Å². The maximum Gasteiger partial charge on any atom is 0.191 e. The SMILES string of the molecule is CC[C@H](Sc1nncn1CCc1cccs1)c1ccc(Cl)cc1. The number of rotatable bonds is 7. The van der Waals surface area contributed by atoms with Crippen molar-refractivity contribution in [2.75, 3.05) is 0 Å². The molecule has 23 heavy (non-hydrogen) atoms. The minimum Gasteiger partial charge on any atom is -0.308 e. The van der Waals surface area contributed by atoms with Crippen LogP contribution in [0.3, 0.4) is 0 Å². The molecule has 2 heterocycles. The Kier molecular flexibility index (Phi) is 5.75. The molecule has 3 nitrogen and oxygen atoms in total. The summed E-state index contributed by atoms with van der Waals surface area (Å²) in [5, 5.41) is 12.6. The maximum atomic E-state index is 5.99. The summed E-state index contributed by atoms with van der Waals surface area (Å²) in [5.74, 6) is 0. The van der Waals surface area contributed by atoms with Gasteiger partial charge in [-0.2, -0.15) is 0 Å². The van der Waals surface area contributed by atoms with Gasteiger partial charge in [-0.15, -0.1) is 21.5 Å². The van der Waals surface area contributed by atoms with Gasteiger partial charge >= 0.3 is 0 Å². The van der Waals surface area contributed by atoms with Crippen LogP contribution in [0.25, 0.3) is 0 Å². The van der Waals surface area contributed by atoms with Crippen LogP contribution in [0.5, 0.6) is 0 Å². The van der Waals surface area contributed by atoms with E-state index < -0.39 is 0 Å². The number of thiophene rings is 1. The molecule has 0 saturated carbocycles. The van der Waals surface area contributed by atoms with Crippen molar-refractivity contribution in [3.05, 3.63) is 63.6 Å². The van der Waals surface area contributed by atoms with Gasteiger partial charge in [-0.1, -0.05) is 48.5 Å². The molecule has 6 heteroatoms. The molecule has 0 aliphatic rings. The van der Waals surface area contributed by atoms with E-state index in [2.05, 4.69) is 51.3 Å². The van der Waals surface area contributed by atoms with Gasteiger partial charge in [-0.3, -0.25) is 0 Å². The van der Waals surface area contributed by atoms with E-state index in [-0.39, 0.29) is 0 Å². The monoisotopic (exact) mass is 363 g/mol. The van der Waals surface area contributed by atoms with Crippen LogP contribution in [0.4, 0.5) is 0 Å². The number of hydrogen-bond donors (Lipinski definition) is 0. The average molecular weight is 364 g/mol. The van der Waals surface area contributed by atoms with E-state index in [1.807, 2.05) is 18.5 Å². The molecule has 0 bridgehead atoms. The summed E-state index contributed by atoms with van der Waals surface area (Å²) in [6.45, 7) is 3.10. The zero-order chi connectivity index (χ0) is 16.1. The van der Waals surface area contributed by atoms with Gasteiger partial charge in [0.25, 0.3) is 0 Å². The zero-order valence-electron chi connectivity index (χ0n) is 12.9. The van der Waals surface area contributed by atoms with Crippen molar-refractivity contribution in [3.8, 4) is 0 Å². The molecule has 0 amide bonds. The van der Waals surface area contributed by atoms with Crippen molar-refractivity contribution < 1.29 is 0 Å². The molecule has 0 aliphatic carbocycles. The number of hydrogen-bond acceptors (Lipinski definition) is 4. The van der Waals surface area contributed by atoms with E-state index in [1.54, 1.807) is 23.1 Å². The molecule has 3 rings (SSSR count). The summed E-state index contributed by atoms with van der Waals surface area (Å²) < 4.78 is 2.14. The Morgan fingerprint density at radius 1 is 1.26 bits per heavy atom. The Morgan fingerprint density at radius 3 is 2.78 bits per heavy atom. The van der Waals surface area contributed by atoms with Gasteiger partial charge in [0, 0.05) is 21.7 Å². The van der Waals surface area contributed by atoms with Crippen LogP contribution in [0, 0.1) is 0 Å². The molecule has 0 saturated heterocycles. The summed E-state index contributed by atoms with van der Waals surface area (Å²) in [4.78, 5) is 1.39. The smallest absolute Gasteiger partial charge is 0.191 e. The third kappa shape index (κ3) is 4.37. The second-order valence-electron chi connectivity index (χ2n) is 5.20. The lowest BCUT2D eigenvalue weighted by molar-refractivity contribution is 0.635. The maximum absolute atomic E-state index is 5.99. The molecule has 1 atom stereocenters. The average Bonchev–Trinajstić information content (AvgIpc) is 3.23. The van der Waals surface area contributed by atoms with Gasteiger partial charge in [-0.05, 0) is 42.0 Å². The highest BCUT2D eigenvalue weighted by Gasteiger charge is 2.15. The number of benzene rings is 1. The largest absolute Gasteiger partial charge is 0.308 e.